The molecule has 18 heavy (non-hydrogen) atoms. The van der Waals surface area contributed by atoms with E-state index in [0.717, 1.165) is 18.8 Å². The molecule has 1 aliphatic rings. The van der Waals surface area contributed by atoms with Crippen molar-refractivity contribution < 1.29 is 4.79 Å². The first-order valence-electron chi connectivity index (χ1n) is 6.75. The molecule has 1 unspecified atom stereocenters. The van der Waals surface area contributed by atoms with Crippen LogP contribution >= 0.6 is 0 Å². The van der Waals surface area contributed by atoms with Gasteiger partial charge in [0.15, 0.2) is 5.78 Å². The molecule has 1 aromatic rings. The van der Waals surface area contributed by atoms with Gasteiger partial charge in [-0.1, -0.05) is 20.8 Å². The molecule has 0 spiro atoms. The Morgan fingerprint density at radius 2 is 2.17 bits per heavy atom. The molecule has 1 fully saturated rings. The lowest BCUT2D eigenvalue weighted by Gasteiger charge is -2.27. The van der Waals surface area contributed by atoms with Crippen molar-refractivity contribution in [2.75, 3.05) is 19.6 Å². The molecule has 100 valence electrons. The van der Waals surface area contributed by atoms with Crippen LogP contribution in [0.2, 0.25) is 0 Å². The van der Waals surface area contributed by atoms with Crippen LogP contribution in [0.15, 0.2) is 18.3 Å². The van der Waals surface area contributed by atoms with Gasteiger partial charge in [-0.15, -0.1) is 0 Å². The molecule has 0 saturated carbocycles. The molecule has 0 aliphatic carbocycles. The standard InChI is InChI=1S/C15H24N2O/c1-15(2,3)12-7-9-17(10-12)11-14(18)13-6-5-8-16(13)4/h5-6,8,12H,7,9-11H2,1-4H3. The molecule has 0 bridgehead atoms. The summed E-state index contributed by atoms with van der Waals surface area (Å²) in [7, 11) is 1.93. The van der Waals surface area contributed by atoms with E-state index in [4.69, 9.17) is 0 Å². The van der Waals surface area contributed by atoms with Gasteiger partial charge in [0.25, 0.3) is 0 Å². The second-order valence-corrected chi connectivity index (χ2v) is 6.51. The lowest BCUT2D eigenvalue weighted by molar-refractivity contribution is 0.0930. The van der Waals surface area contributed by atoms with Gasteiger partial charge >= 0.3 is 0 Å². The Kier molecular flexibility index (Phi) is 3.62. The lowest BCUT2D eigenvalue weighted by atomic mass is 9.80. The van der Waals surface area contributed by atoms with Crippen LogP contribution in [0.3, 0.4) is 0 Å². The number of ketones is 1. The summed E-state index contributed by atoms with van der Waals surface area (Å²) in [4.78, 5) is 14.5. The zero-order chi connectivity index (χ0) is 13.3. The highest BCUT2D eigenvalue weighted by Gasteiger charge is 2.32. The van der Waals surface area contributed by atoms with Gasteiger partial charge in [-0.25, -0.2) is 0 Å². The van der Waals surface area contributed by atoms with E-state index in [0.29, 0.717) is 17.9 Å². The van der Waals surface area contributed by atoms with Crippen molar-refractivity contribution in [2.45, 2.75) is 27.2 Å². The van der Waals surface area contributed by atoms with Gasteiger partial charge in [-0.05, 0) is 36.4 Å². The van der Waals surface area contributed by atoms with E-state index in [1.165, 1.54) is 6.42 Å². The number of carbonyl (C=O) groups excluding carboxylic acids is 1. The number of Topliss-reactive ketones (excluding diaryl/α,β-unsaturated/α-hetero) is 1. The zero-order valence-corrected chi connectivity index (χ0v) is 11.9. The molecule has 3 heteroatoms. The Morgan fingerprint density at radius 3 is 2.67 bits per heavy atom. The Morgan fingerprint density at radius 1 is 1.44 bits per heavy atom. The summed E-state index contributed by atoms with van der Waals surface area (Å²) in [6.07, 6.45) is 3.14. The smallest absolute Gasteiger partial charge is 0.193 e. The molecule has 1 atom stereocenters. The maximum Gasteiger partial charge on any atom is 0.193 e. The van der Waals surface area contributed by atoms with Crippen molar-refractivity contribution in [1.29, 1.82) is 0 Å². The van der Waals surface area contributed by atoms with E-state index in [2.05, 4.69) is 25.7 Å². The summed E-state index contributed by atoms with van der Waals surface area (Å²) in [5.41, 5.74) is 1.16. The average molecular weight is 248 g/mol. The third-order valence-corrected chi connectivity index (χ3v) is 4.09. The van der Waals surface area contributed by atoms with Crippen molar-refractivity contribution in [3.05, 3.63) is 24.0 Å². The number of nitrogens with zero attached hydrogens (tertiary/aromatic N) is 2. The predicted octanol–water partition coefficient (Wildman–Crippen LogP) is 2.58. The molecule has 1 saturated heterocycles. The van der Waals surface area contributed by atoms with Crippen molar-refractivity contribution in [1.82, 2.24) is 9.47 Å². The van der Waals surface area contributed by atoms with Crippen LogP contribution in [0.1, 0.15) is 37.7 Å². The highest BCUT2D eigenvalue weighted by atomic mass is 16.1. The first-order valence-corrected chi connectivity index (χ1v) is 6.75. The zero-order valence-electron chi connectivity index (χ0n) is 11.9. The highest BCUT2D eigenvalue weighted by Crippen LogP contribution is 2.33. The quantitative estimate of drug-likeness (QED) is 0.768. The largest absolute Gasteiger partial charge is 0.348 e. The maximum atomic E-state index is 12.2. The summed E-state index contributed by atoms with van der Waals surface area (Å²) in [6, 6.07) is 3.83. The predicted molar refractivity (Wildman–Crippen MR) is 73.7 cm³/mol. The molecule has 0 N–H and O–H groups in total. The van der Waals surface area contributed by atoms with Crippen LogP contribution < -0.4 is 0 Å². The van der Waals surface area contributed by atoms with E-state index in [1.807, 2.05) is 29.9 Å². The van der Waals surface area contributed by atoms with Gasteiger partial charge in [0.05, 0.1) is 12.2 Å². The Hall–Kier alpha value is -1.09. The topological polar surface area (TPSA) is 25.2 Å². The first kappa shape index (κ1) is 13.3. The van der Waals surface area contributed by atoms with E-state index in [-0.39, 0.29) is 5.78 Å². The SMILES string of the molecule is Cn1cccc1C(=O)CN1CCC(C(C)(C)C)C1. The molecular formula is C15H24N2O. The second-order valence-electron chi connectivity index (χ2n) is 6.51. The minimum absolute atomic E-state index is 0.233. The van der Waals surface area contributed by atoms with Crippen molar-refractivity contribution in [2.24, 2.45) is 18.4 Å². The fraction of sp³-hybridized carbons (Fsp3) is 0.667. The minimum atomic E-state index is 0.233. The third kappa shape index (κ3) is 2.83. The number of carbonyl (C=O) groups is 1. The summed E-state index contributed by atoms with van der Waals surface area (Å²) in [5, 5.41) is 0. The Labute approximate surface area is 110 Å². The van der Waals surface area contributed by atoms with Gasteiger partial charge in [0.2, 0.25) is 0 Å². The molecule has 2 heterocycles. The van der Waals surface area contributed by atoms with Crippen LogP contribution in [0.5, 0.6) is 0 Å². The molecule has 3 nitrogen and oxygen atoms in total. The normalized spacial score (nSPS) is 21.4. The number of hydrogen-bond acceptors (Lipinski definition) is 2. The van der Waals surface area contributed by atoms with Crippen LogP contribution in [-0.4, -0.2) is 34.9 Å². The van der Waals surface area contributed by atoms with E-state index in [9.17, 15) is 4.79 Å². The minimum Gasteiger partial charge on any atom is -0.348 e. The number of aromatic nitrogens is 1. The molecular weight excluding hydrogens is 224 g/mol. The summed E-state index contributed by atoms with van der Waals surface area (Å²) < 4.78 is 1.90. The number of aryl methyl sites for hydroxylation is 1. The van der Waals surface area contributed by atoms with Crippen molar-refractivity contribution >= 4 is 5.78 Å². The van der Waals surface area contributed by atoms with Gasteiger partial charge in [-0.2, -0.15) is 0 Å². The Balaban J connectivity index is 1.93. The Bertz CT molecular complexity index is 428. The molecule has 1 aliphatic heterocycles. The van der Waals surface area contributed by atoms with Gasteiger partial charge in [0.1, 0.15) is 0 Å². The molecule has 1 aromatic heterocycles. The van der Waals surface area contributed by atoms with Gasteiger partial charge in [0, 0.05) is 19.8 Å². The second kappa shape index (κ2) is 4.88. The van der Waals surface area contributed by atoms with E-state index in [1.54, 1.807) is 0 Å². The van der Waals surface area contributed by atoms with Gasteiger partial charge in [-0.3, -0.25) is 9.69 Å². The average Bonchev–Trinajstić information content (AvgIpc) is 2.85. The van der Waals surface area contributed by atoms with Crippen molar-refractivity contribution in [3.8, 4) is 0 Å². The molecule has 2 rings (SSSR count). The number of hydrogen-bond donors (Lipinski definition) is 0. The summed E-state index contributed by atoms with van der Waals surface area (Å²) in [6.45, 7) is 9.54. The van der Waals surface area contributed by atoms with E-state index >= 15 is 0 Å². The summed E-state index contributed by atoms with van der Waals surface area (Å²) >= 11 is 0. The van der Waals surface area contributed by atoms with Crippen molar-refractivity contribution in [3.63, 3.8) is 0 Å². The third-order valence-electron chi connectivity index (χ3n) is 4.09. The monoisotopic (exact) mass is 248 g/mol. The van der Waals surface area contributed by atoms with Crippen LogP contribution in [0.4, 0.5) is 0 Å². The lowest BCUT2D eigenvalue weighted by Crippen LogP contribution is -2.31. The maximum absolute atomic E-state index is 12.2. The van der Waals surface area contributed by atoms with Gasteiger partial charge < -0.3 is 4.57 Å². The fourth-order valence-corrected chi connectivity index (χ4v) is 2.72. The first-order chi connectivity index (χ1) is 8.38. The van der Waals surface area contributed by atoms with Crippen LogP contribution in [0, 0.1) is 11.3 Å². The van der Waals surface area contributed by atoms with Crippen LogP contribution in [0.25, 0.3) is 0 Å². The molecule has 0 aromatic carbocycles. The fourth-order valence-electron chi connectivity index (χ4n) is 2.72. The van der Waals surface area contributed by atoms with E-state index < -0.39 is 0 Å². The molecule has 0 amide bonds. The number of rotatable bonds is 3. The highest BCUT2D eigenvalue weighted by molar-refractivity contribution is 5.96. The summed E-state index contributed by atoms with van der Waals surface area (Å²) in [5.74, 6) is 0.941. The number of likely N-dealkylation sites (tertiary alicyclic amines) is 1. The van der Waals surface area contributed by atoms with Crippen LogP contribution in [-0.2, 0) is 7.05 Å². The molecule has 0 radical (unpaired) electrons.